The van der Waals surface area contributed by atoms with E-state index < -0.39 is 17.6 Å². The van der Waals surface area contributed by atoms with E-state index in [0.29, 0.717) is 23.5 Å². The minimum atomic E-state index is -0.667. The monoisotopic (exact) mass is 730 g/mol. The first-order chi connectivity index (χ1) is 25.9. The van der Waals surface area contributed by atoms with Gasteiger partial charge in [0.05, 0.1) is 18.3 Å². The molecule has 3 aromatic rings. The lowest BCUT2D eigenvalue weighted by atomic mass is 10.0. The Morgan fingerprint density at radius 1 is 0.585 bits per heavy atom. The SMILES string of the molecule is CCCCCCCCCCCCCCCCCCOc1ccc(C(=O)Oc2ccc(C#Cc3ccc(OC(C)CCCCCC)c(F)c3)cc2)cc1F. The first kappa shape index (κ1) is 43.6. The summed E-state index contributed by atoms with van der Waals surface area (Å²) < 4.78 is 46.3. The van der Waals surface area contributed by atoms with E-state index in [1.807, 2.05) is 6.92 Å². The number of ether oxygens (including phenoxy) is 3. The summed E-state index contributed by atoms with van der Waals surface area (Å²) in [5.41, 5.74) is 1.30. The molecular formula is C47H64F2O4. The molecule has 290 valence electrons. The van der Waals surface area contributed by atoms with Crippen molar-refractivity contribution in [2.75, 3.05) is 6.61 Å². The highest BCUT2D eigenvalue weighted by Crippen LogP contribution is 2.23. The molecule has 0 aliphatic carbocycles. The van der Waals surface area contributed by atoms with Crippen molar-refractivity contribution in [2.45, 2.75) is 162 Å². The molecule has 1 unspecified atom stereocenters. The van der Waals surface area contributed by atoms with Crippen LogP contribution in [0.2, 0.25) is 0 Å². The number of carbonyl (C=O) groups excluding carboxylic acids is 1. The van der Waals surface area contributed by atoms with Crippen LogP contribution in [0.15, 0.2) is 60.7 Å². The van der Waals surface area contributed by atoms with E-state index in [0.717, 1.165) is 38.2 Å². The maximum atomic E-state index is 14.7. The molecule has 4 nitrogen and oxygen atoms in total. The second kappa shape index (κ2) is 26.8. The molecule has 0 heterocycles. The summed E-state index contributed by atoms with van der Waals surface area (Å²) in [6, 6.07) is 15.5. The van der Waals surface area contributed by atoms with Gasteiger partial charge in [-0.2, -0.15) is 0 Å². The molecule has 0 spiro atoms. The molecule has 0 N–H and O–H groups in total. The van der Waals surface area contributed by atoms with Gasteiger partial charge in [0.25, 0.3) is 0 Å². The summed E-state index contributed by atoms with van der Waals surface area (Å²) in [7, 11) is 0. The third-order valence-corrected chi connectivity index (χ3v) is 9.56. The fourth-order valence-corrected chi connectivity index (χ4v) is 6.30. The Labute approximate surface area is 319 Å². The van der Waals surface area contributed by atoms with Crippen molar-refractivity contribution in [3.8, 4) is 29.1 Å². The zero-order chi connectivity index (χ0) is 37.9. The van der Waals surface area contributed by atoms with Crippen LogP contribution in [0.25, 0.3) is 0 Å². The molecule has 0 radical (unpaired) electrons. The van der Waals surface area contributed by atoms with E-state index in [-0.39, 0.29) is 23.2 Å². The Morgan fingerprint density at radius 3 is 1.64 bits per heavy atom. The Morgan fingerprint density at radius 2 is 1.08 bits per heavy atom. The van der Waals surface area contributed by atoms with Crippen LogP contribution in [0.1, 0.15) is 177 Å². The molecule has 0 bridgehead atoms. The van der Waals surface area contributed by atoms with Gasteiger partial charge in [-0.05, 0) is 86.8 Å². The predicted octanol–water partition coefficient (Wildman–Crippen LogP) is 14.0. The Kier molecular flexibility index (Phi) is 22.1. The van der Waals surface area contributed by atoms with Crippen LogP contribution in [0.5, 0.6) is 17.2 Å². The van der Waals surface area contributed by atoms with Gasteiger partial charge in [0.1, 0.15) is 5.75 Å². The lowest BCUT2D eigenvalue weighted by molar-refractivity contribution is 0.0734. The summed E-state index contributed by atoms with van der Waals surface area (Å²) in [6.07, 6.45) is 26.2. The van der Waals surface area contributed by atoms with E-state index >= 15 is 0 Å². The molecule has 0 saturated carbocycles. The number of unbranched alkanes of at least 4 members (excludes halogenated alkanes) is 18. The van der Waals surface area contributed by atoms with Gasteiger partial charge < -0.3 is 14.2 Å². The van der Waals surface area contributed by atoms with Crippen molar-refractivity contribution < 1.29 is 27.8 Å². The van der Waals surface area contributed by atoms with E-state index in [1.165, 1.54) is 121 Å². The fourth-order valence-electron chi connectivity index (χ4n) is 6.30. The van der Waals surface area contributed by atoms with Gasteiger partial charge >= 0.3 is 5.97 Å². The summed E-state index contributed by atoms with van der Waals surface area (Å²) in [6.45, 7) is 6.85. The maximum absolute atomic E-state index is 14.7. The van der Waals surface area contributed by atoms with Gasteiger partial charge in [0, 0.05) is 11.1 Å². The van der Waals surface area contributed by atoms with Gasteiger partial charge in [-0.15, -0.1) is 0 Å². The quantitative estimate of drug-likeness (QED) is 0.0339. The lowest BCUT2D eigenvalue weighted by Gasteiger charge is -2.15. The van der Waals surface area contributed by atoms with Crippen molar-refractivity contribution >= 4 is 5.97 Å². The van der Waals surface area contributed by atoms with Crippen LogP contribution in [-0.4, -0.2) is 18.7 Å². The average Bonchev–Trinajstić information content (AvgIpc) is 3.16. The van der Waals surface area contributed by atoms with Crippen molar-refractivity contribution in [3.63, 3.8) is 0 Å². The normalized spacial score (nSPS) is 11.5. The van der Waals surface area contributed by atoms with Gasteiger partial charge in [0.15, 0.2) is 23.1 Å². The largest absolute Gasteiger partial charge is 0.491 e. The van der Waals surface area contributed by atoms with Crippen LogP contribution < -0.4 is 14.2 Å². The van der Waals surface area contributed by atoms with Crippen LogP contribution in [0, 0.1) is 23.5 Å². The Bertz CT molecular complexity index is 1510. The molecule has 53 heavy (non-hydrogen) atoms. The molecule has 3 rings (SSSR count). The molecule has 0 saturated heterocycles. The van der Waals surface area contributed by atoms with Crippen LogP contribution in [0.4, 0.5) is 8.78 Å². The summed E-state index contributed by atoms with van der Waals surface area (Å²) in [4.78, 5) is 12.7. The number of carbonyl (C=O) groups is 1. The minimum Gasteiger partial charge on any atom is -0.491 e. The van der Waals surface area contributed by atoms with E-state index in [9.17, 15) is 13.6 Å². The first-order valence-corrected chi connectivity index (χ1v) is 20.6. The molecule has 6 heteroatoms. The standard InChI is InChI=1S/C47H64F2O4/c1-4-6-8-10-11-12-13-14-15-16-17-18-19-20-21-23-35-51-45-34-30-41(37-44(45)49)47(50)53-42-31-27-39(28-32-42)25-26-40-29-33-46(43(48)36-40)52-38(3)24-22-9-7-5-2/h27-34,36-38H,4-24,35H2,1-3H3. The third-order valence-electron chi connectivity index (χ3n) is 9.56. The highest BCUT2D eigenvalue weighted by molar-refractivity contribution is 5.91. The van der Waals surface area contributed by atoms with Crippen LogP contribution in [-0.2, 0) is 0 Å². The van der Waals surface area contributed by atoms with Crippen molar-refractivity contribution in [1.82, 2.24) is 0 Å². The average molecular weight is 731 g/mol. The number of rotatable bonds is 27. The number of benzene rings is 3. The second-order valence-electron chi connectivity index (χ2n) is 14.4. The third kappa shape index (κ3) is 18.7. The van der Waals surface area contributed by atoms with Gasteiger partial charge in [-0.25, -0.2) is 13.6 Å². The first-order valence-electron chi connectivity index (χ1n) is 20.6. The molecule has 0 amide bonds. The predicted molar refractivity (Wildman–Crippen MR) is 214 cm³/mol. The van der Waals surface area contributed by atoms with Gasteiger partial charge in [-0.1, -0.05) is 141 Å². The van der Waals surface area contributed by atoms with Crippen molar-refractivity contribution in [2.24, 2.45) is 0 Å². The summed E-state index contributed by atoms with van der Waals surface area (Å²) >= 11 is 0. The number of halogens is 2. The fraction of sp³-hybridized carbons (Fsp3) is 0.553. The van der Waals surface area contributed by atoms with Crippen LogP contribution in [0.3, 0.4) is 0 Å². The Balaban J connectivity index is 1.30. The summed E-state index contributed by atoms with van der Waals surface area (Å²) in [5, 5.41) is 0. The Hall–Kier alpha value is -3.85. The smallest absolute Gasteiger partial charge is 0.343 e. The van der Waals surface area contributed by atoms with Crippen molar-refractivity contribution in [3.05, 3.63) is 89.0 Å². The van der Waals surface area contributed by atoms with E-state index in [1.54, 1.807) is 36.4 Å². The molecule has 0 aromatic heterocycles. The zero-order valence-corrected chi connectivity index (χ0v) is 32.8. The van der Waals surface area contributed by atoms with Crippen LogP contribution >= 0.6 is 0 Å². The molecule has 1 atom stereocenters. The maximum Gasteiger partial charge on any atom is 0.343 e. The zero-order valence-electron chi connectivity index (χ0n) is 32.8. The molecule has 0 aliphatic rings. The number of hydrogen-bond acceptors (Lipinski definition) is 4. The summed E-state index contributed by atoms with van der Waals surface area (Å²) in [5.74, 6) is 4.95. The molecule has 0 aliphatic heterocycles. The number of esters is 1. The van der Waals surface area contributed by atoms with E-state index in [2.05, 4.69) is 25.7 Å². The molecule has 3 aromatic carbocycles. The topological polar surface area (TPSA) is 44.8 Å². The highest BCUT2D eigenvalue weighted by atomic mass is 19.1. The number of hydrogen-bond donors (Lipinski definition) is 0. The van der Waals surface area contributed by atoms with Gasteiger partial charge in [-0.3, -0.25) is 0 Å². The minimum absolute atomic E-state index is 0.0541. The van der Waals surface area contributed by atoms with E-state index in [4.69, 9.17) is 14.2 Å². The molecule has 0 fully saturated rings. The second-order valence-corrected chi connectivity index (χ2v) is 14.4. The van der Waals surface area contributed by atoms with Gasteiger partial charge in [0.2, 0.25) is 0 Å². The highest BCUT2D eigenvalue weighted by Gasteiger charge is 2.13. The molecular weight excluding hydrogens is 667 g/mol. The van der Waals surface area contributed by atoms with Crippen molar-refractivity contribution in [1.29, 1.82) is 0 Å². The lowest BCUT2D eigenvalue weighted by Crippen LogP contribution is -2.12.